The van der Waals surface area contributed by atoms with Gasteiger partial charge in [-0.05, 0) is 31.5 Å². The van der Waals surface area contributed by atoms with Gasteiger partial charge in [-0.15, -0.1) is 5.10 Å². The minimum atomic E-state index is -0.828. The normalized spacial score (nSPS) is 10.6. The van der Waals surface area contributed by atoms with Gasteiger partial charge in [0.25, 0.3) is 0 Å². The number of nitrogens with two attached hydrogens (primary N) is 1. The summed E-state index contributed by atoms with van der Waals surface area (Å²) in [7, 11) is 0. The second-order valence-corrected chi connectivity index (χ2v) is 4.44. The summed E-state index contributed by atoms with van der Waals surface area (Å²) in [5.74, 6) is -2.24. The molecule has 1 aromatic carbocycles. The number of hydrogen-bond acceptors (Lipinski definition) is 4. The maximum Gasteiger partial charge on any atom is 0.246 e. The third kappa shape index (κ3) is 4.06. The first-order valence-electron chi connectivity index (χ1n) is 6.43. The lowest BCUT2D eigenvalue weighted by Gasteiger charge is -2.07. The van der Waals surface area contributed by atoms with Gasteiger partial charge in [-0.25, -0.2) is 13.5 Å². The minimum Gasteiger partial charge on any atom is -0.330 e. The molecule has 6 nitrogen and oxygen atoms in total. The van der Waals surface area contributed by atoms with Crippen molar-refractivity contribution in [2.75, 3.05) is 11.9 Å². The SMILES string of the molecule is NCCCc1cn(CC(=O)Nc2c(F)cccc2F)nn1. The van der Waals surface area contributed by atoms with E-state index in [1.54, 1.807) is 6.20 Å². The Bertz CT molecular complexity index is 609. The highest BCUT2D eigenvalue weighted by Crippen LogP contribution is 2.17. The summed E-state index contributed by atoms with van der Waals surface area (Å²) in [4.78, 5) is 11.8. The van der Waals surface area contributed by atoms with Crippen molar-refractivity contribution in [3.63, 3.8) is 0 Å². The molecule has 0 radical (unpaired) electrons. The number of amides is 1. The van der Waals surface area contributed by atoms with Crippen LogP contribution in [0.15, 0.2) is 24.4 Å². The Morgan fingerprint density at radius 1 is 1.33 bits per heavy atom. The van der Waals surface area contributed by atoms with Gasteiger partial charge in [0.1, 0.15) is 23.9 Å². The lowest BCUT2D eigenvalue weighted by Crippen LogP contribution is -2.20. The molecular formula is C13H15F2N5O. The Kier molecular flexibility index (Phi) is 4.94. The molecule has 8 heteroatoms. The maximum atomic E-state index is 13.4. The largest absolute Gasteiger partial charge is 0.330 e. The number of halogens is 2. The van der Waals surface area contributed by atoms with E-state index in [2.05, 4.69) is 15.6 Å². The van der Waals surface area contributed by atoms with Gasteiger partial charge in [-0.1, -0.05) is 11.3 Å². The molecule has 0 aliphatic heterocycles. The lowest BCUT2D eigenvalue weighted by molar-refractivity contribution is -0.117. The number of nitrogens with zero attached hydrogens (tertiary/aromatic N) is 3. The Morgan fingerprint density at radius 3 is 2.71 bits per heavy atom. The first-order valence-corrected chi connectivity index (χ1v) is 6.43. The van der Waals surface area contributed by atoms with Gasteiger partial charge >= 0.3 is 0 Å². The summed E-state index contributed by atoms with van der Waals surface area (Å²) < 4.78 is 28.1. The molecule has 0 fully saturated rings. The van der Waals surface area contributed by atoms with Crippen molar-refractivity contribution in [1.29, 1.82) is 0 Å². The van der Waals surface area contributed by atoms with Crippen LogP contribution in [0, 0.1) is 11.6 Å². The third-order valence-corrected chi connectivity index (χ3v) is 2.76. The fourth-order valence-electron chi connectivity index (χ4n) is 1.76. The number of nitrogens with one attached hydrogen (secondary N) is 1. The monoisotopic (exact) mass is 295 g/mol. The molecule has 0 saturated heterocycles. The van der Waals surface area contributed by atoms with Crippen molar-refractivity contribution >= 4 is 11.6 Å². The van der Waals surface area contributed by atoms with Crippen molar-refractivity contribution < 1.29 is 13.6 Å². The average molecular weight is 295 g/mol. The smallest absolute Gasteiger partial charge is 0.246 e. The number of carbonyl (C=O) groups excluding carboxylic acids is 1. The van der Waals surface area contributed by atoms with E-state index in [9.17, 15) is 13.6 Å². The van der Waals surface area contributed by atoms with Crippen molar-refractivity contribution in [3.05, 3.63) is 41.7 Å². The number of para-hydroxylation sites is 1. The number of rotatable bonds is 6. The van der Waals surface area contributed by atoms with Gasteiger partial charge in [0.2, 0.25) is 5.91 Å². The van der Waals surface area contributed by atoms with E-state index < -0.39 is 23.2 Å². The molecule has 2 aromatic rings. The minimum absolute atomic E-state index is 0.177. The van der Waals surface area contributed by atoms with E-state index >= 15 is 0 Å². The van der Waals surface area contributed by atoms with Crippen molar-refractivity contribution in [2.24, 2.45) is 5.73 Å². The van der Waals surface area contributed by atoms with E-state index in [1.165, 1.54) is 10.7 Å². The van der Waals surface area contributed by atoms with Gasteiger partial charge in [0.05, 0.1) is 5.69 Å². The summed E-state index contributed by atoms with van der Waals surface area (Å²) in [6, 6.07) is 3.36. The fraction of sp³-hybridized carbons (Fsp3) is 0.308. The summed E-state index contributed by atoms with van der Waals surface area (Å²) in [6.07, 6.45) is 3.04. The molecule has 2 rings (SSSR count). The number of anilines is 1. The standard InChI is InChI=1S/C13H15F2N5O/c14-10-4-1-5-11(15)13(10)17-12(21)8-20-7-9(18-19-20)3-2-6-16/h1,4-5,7H,2-3,6,8,16H2,(H,17,21). The van der Waals surface area contributed by atoms with Crippen LogP contribution < -0.4 is 11.1 Å². The number of benzene rings is 1. The Hall–Kier alpha value is -2.35. The van der Waals surface area contributed by atoms with Crippen LogP contribution in [-0.2, 0) is 17.8 Å². The number of carbonyl (C=O) groups is 1. The van der Waals surface area contributed by atoms with Crippen molar-refractivity contribution in [2.45, 2.75) is 19.4 Å². The van der Waals surface area contributed by atoms with Crippen LogP contribution in [-0.4, -0.2) is 27.4 Å². The van der Waals surface area contributed by atoms with Crippen LogP contribution in [0.25, 0.3) is 0 Å². The topological polar surface area (TPSA) is 85.8 Å². The maximum absolute atomic E-state index is 13.4. The summed E-state index contributed by atoms with van der Waals surface area (Å²) >= 11 is 0. The molecule has 112 valence electrons. The van der Waals surface area contributed by atoms with E-state index in [0.717, 1.165) is 18.6 Å². The molecule has 0 unspecified atom stereocenters. The van der Waals surface area contributed by atoms with Gasteiger partial charge in [0, 0.05) is 6.20 Å². The number of aryl methyl sites for hydroxylation is 1. The van der Waals surface area contributed by atoms with Gasteiger partial charge in [0.15, 0.2) is 0 Å². The van der Waals surface area contributed by atoms with E-state index in [4.69, 9.17) is 5.73 Å². The van der Waals surface area contributed by atoms with Crippen LogP contribution in [0.3, 0.4) is 0 Å². The van der Waals surface area contributed by atoms with Crippen LogP contribution in [0.2, 0.25) is 0 Å². The van der Waals surface area contributed by atoms with Gasteiger partial charge in [-0.2, -0.15) is 0 Å². The van der Waals surface area contributed by atoms with E-state index in [1.807, 2.05) is 0 Å². The van der Waals surface area contributed by atoms with Crippen molar-refractivity contribution in [1.82, 2.24) is 15.0 Å². The molecule has 0 aliphatic rings. The Morgan fingerprint density at radius 2 is 2.05 bits per heavy atom. The molecular weight excluding hydrogens is 280 g/mol. The molecule has 0 spiro atoms. The number of hydrogen-bond donors (Lipinski definition) is 2. The molecule has 1 aromatic heterocycles. The average Bonchev–Trinajstić information content (AvgIpc) is 2.88. The zero-order valence-electron chi connectivity index (χ0n) is 11.2. The highest BCUT2D eigenvalue weighted by atomic mass is 19.1. The zero-order chi connectivity index (χ0) is 15.2. The van der Waals surface area contributed by atoms with Gasteiger partial charge < -0.3 is 11.1 Å². The lowest BCUT2D eigenvalue weighted by atomic mass is 10.2. The third-order valence-electron chi connectivity index (χ3n) is 2.76. The van der Waals surface area contributed by atoms with E-state index in [0.29, 0.717) is 18.7 Å². The fourth-order valence-corrected chi connectivity index (χ4v) is 1.76. The molecule has 1 amide bonds. The molecule has 0 bridgehead atoms. The predicted octanol–water partition coefficient (Wildman–Crippen LogP) is 1.09. The summed E-state index contributed by atoms with van der Waals surface area (Å²) in [5, 5.41) is 9.83. The first kappa shape index (κ1) is 15.0. The van der Waals surface area contributed by atoms with Crippen LogP contribution in [0.5, 0.6) is 0 Å². The van der Waals surface area contributed by atoms with E-state index in [-0.39, 0.29) is 6.54 Å². The highest BCUT2D eigenvalue weighted by Gasteiger charge is 2.12. The van der Waals surface area contributed by atoms with Crippen LogP contribution in [0.1, 0.15) is 12.1 Å². The zero-order valence-corrected chi connectivity index (χ0v) is 11.2. The summed E-state index contributed by atoms with van der Waals surface area (Å²) in [6.45, 7) is 0.364. The predicted molar refractivity (Wildman–Crippen MR) is 72.4 cm³/mol. The second kappa shape index (κ2) is 6.89. The molecule has 1 heterocycles. The van der Waals surface area contributed by atoms with Gasteiger partial charge in [-0.3, -0.25) is 4.79 Å². The van der Waals surface area contributed by atoms with Crippen LogP contribution in [0.4, 0.5) is 14.5 Å². The quantitative estimate of drug-likeness (QED) is 0.835. The van der Waals surface area contributed by atoms with Crippen molar-refractivity contribution in [3.8, 4) is 0 Å². The first-order chi connectivity index (χ1) is 10.1. The molecule has 0 saturated carbocycles. The Balaban J connectivity index is 1.97. The molecule has 3 N–H and O–H groups in total. The molecule has 21 heavy (non-hydrogen) atoms. The van der Waals surface area contributed by atoms with Crippen LogP contribution >= 0.6 is 0 Å². The molecule has 0 aliphatic carbocycles. The second-order valence-electron chi connectivity index (χ2n) is 4.44. The highest BCUT2D eigenvalue weighted by molar-refractivity contribution is 5.90. The Labute approximate surface area is 119 Å². The molecule has 0 atom stereocenters. The number of aromatic nitrogens is 3. The summed E-state index contributed by atoms with van der Waals surface area (Å²) in [5.41, 5.74) is 5.63.